The Hall–Kier alpha value is -1.07. The minimum absolute atomic E-state index is 0.0187. The maximum atomic E-state index is 12.5. The van der Waals surface area contributed by atoms with Crippen LogP contribution in [0.5, 0.6) is 0 Å². The first-order valence-electron chi connectivity index (χ1n) is 5.21. The van der Waals surface area contributed by atoms with Crippen LogP contribution in [0.1, 0.15) is 17.4 Å². The highest BCUT2D eigenvalue weighted by atomic mass is 32.1. The van der Waals surface area contributed by atoms with Crippen LogP contribution in [0.4, 0.5) is 13.2 Å². The van der Waals surface area contributed by atoms with Crippen molar-refractivity contribution < 1.29 is 13.2 Å². The van der Waals surface area contributed by atoms with Crippen LogP contribution in [0.25, 0.3) is 10.1 Å². The molecule has 1 aromatic carbocycles. The van der Waals surface area contributed by atoms with E-state index in [9.17, 15) is 13.2 Å². The molecule has 1 heterocycles. The molecule has 0 saturated carbocycles. The van der Waals surface area contributed by atoms with Crippen molar-refractivity contribution in [1.82, 2.24) is 0 Å². The molecule has 0 fully saturated rings. The molecule has 1 aromatic heterocycles. The molecule has 1 nitrogen and oxygen atoms in total. The van der Waals surface area contributed by atoms with Gasteiger partial charge in [0.25, 0.3) is 0 Å². The van der Waals surface area contributed by atoms with Gasteiger partial charge in [0.1, 0.15) is 0 Å². The Kier molecular flexibility index (Phi) is 3.14. The van der Waals surface area contributed by atoms with Gasteiger partial charge in [0.15, 0.2) is 0 Å². The van der Waals surface area contributed by atoms with Crippen LogP contribution in [-0.4, -0.2) is 6.04 Å². The molecule has 17 heavy (non-hydrogen) atoms. The summed E-state index contributed by atoms with van der Waals surface area (Å²) >= 11 is 1.50. The second-order valence-electron chi connectivity index (χ2n) is 4.14. The Bertz CT molecular complexity index is 528. The topological polar surface area (TPSA) is 26.0 Å². The van der Waals surface area contributed by atoms with E-state index >= 15 is 0 Å². The molecule has 2 N–H and O–H groups in total. The zero-order chi connectivity index (χ0) is 12.6. The van der Waals surface area contributed by atoms with Crippen LogP contribution in [-0.2, 0) is 12.6 Å². The van der Waals surface area contributed by atoms with Crippen molar-refractivity contribution in [3.63, 3.8) is 0 Å². The van der Waals surface area contributed by atoms with Gasteiger partial charge in [0, 0.05) is 15.6 Å². The predicted molar refractivity (Wildman–Crippen MR) is 64.2 cm³/mol. The summed E-state index contributed by atoms with van der Waals surface area (Å²) in [5, 5.41) is 0.639. The van der Waals surface area contributed by atoms with Gasteiger partial charge in [-0.15, -0.1) is 11.3 Å². The summed E-state index contributed by atoms with van der Waals surface area (Å²) in [7, 11) is 0. The van der Waals surface area contributed by atoms with Crippen LogP contribution in [0.2, 0.25) is 0 Å². The number of hydrogen-bond donors (Lipinski definition) is 1. The summed E-state index contributed by atoms with van der Waals surface area (Å²) in [6.07, 6.45) is -3.59. The lowest BCUT2D eigenvalue weighted by Gasteiger charge is -2.05. The molecule has 0 bridgehead atoms. The van der Waals surface area contributed by atoms with Crippen LogP contribution in [0, 0.1) is 0 Å². The van der Waals surface area contributed by atoms with E-state index in [2.05, 4.69) is 0 Å². The fraction of sp³-hybridized carbons (Fsp3) is 0.333. The third-order valence-electron chi connectivity index (χ3n) is 2.42. The first-order valence-corrected chi connectivity index (χ1v) is 6.03. The van der Waals surface area contributed by atoms with Gasteiger partial charge in [-0.3, -0.25) is 0 Å². The van der Waals surface area contributed by atoms with Gasteiger partial charge in [-0.2, -0.15) is 13.2 Å². The molecule has 1 atom stereocenters. The number of thiophene rings is 1. The van der Waals surface area contributed by atoms with E-state index in [0.29, 0.717) is 11.8 Å². The molecular formula is C12H12F3NS. The second-order valence-corrected chi connectivity index (χ2v) is 5.31. The van der Waals surface area contributed by atoms with Crippen LogP contribution >= 0.6 is 11.3 Å². The molecule has 0 saturated heterocycles. The average molecular weight is 259 g/mol. The van der Waals surface area contributed by atoms with E-state index in [-0.39, 0.29) is 6.04 Å². The monoisotopic (exact) mass is 259 g/mol. The van der Waals surface area contributed by atoms with Crippen LogP contribution < -0.4 is 5.73 Å². The van der Waals surface area contributed by atoms with E-state index in [1.165, 1.54) is 23.5 Å². The Labute approximate surface area is 101 Å². The van der Waals surface area contributed by atoms with Crippen molar-refractivity contribution in [2.75, 3.05) is 0 Å². The van der Waals surface area contributed by atoms with E-state index in [4.69, 9.17) is 5.73 Å². The minimum Gasteiger partial charge on any atom is -0.328 e. The van der Waals surface area contributed by atoms with Crippen LogP contribution in [0.15, 0.2) is 24.3 Å². The minimum atomic E-state index is -4.28. The Balaban J connectivity index is 2.41. The van der Waals surface area contributed by atoms with Gasteiger partial charge in [-0.1, -0.05) is 0 Å². The molecule has 0 spiro atoms. The lowest BCUT2D eigenvalue weighted by atomic mass is 10.1. The van der Waals surface area contributed by atoms with Gasteiger partial charge in [-0.25, -0.2) is 0 Å². The Morgan fingerprint density at radius 1 is 1.29 bits per heavy atom. The highest BCUT2D eigenvalue weighted by Crippen LogP contribution is 2.34. The molecule has 0 radical (unpaired) electrons. The number of rotatable bonds is 2. The lowest BCUT2D eigenvalue weighted by Crippen LogP contribution is -2.16. The summed E-state index contributed by atoms with van der Waals surface area (Å²) < 4.78 is 38.4. The van der Waals surface area contributed by atoms with Crippen molar-refractivity contribution in [3.05, 3.63) is 34.7 Å². The first kappa shape index (κ1) is 12.4. The smallest absolute Gasteiger partial charge is 0.328 e. The SMILES string of the molecule is CC(N)Cc1cc2cc(C(F)(F)F)ccc2s1. The maximum Gasteiger partial charge on any atom is 0.416 e. The van der Waals surface area contributed by atoms with Crippen molar-refractivity contribution in [3.8, 4) is 0 Å². The summed E-state index contributed by atoms with van der Waals surface area (Å²) in [5.74, 6) is 0. The average Bonchev–Trinajstić information content (AvgIpc) is 2.55. The zero-order valence-corrected chi connectivity index (χ0v) is 10.0. The van der Waals surface area contributed by atoms with Crippen molar-refractivity contribution in [2.24, 2.45) is 5.73 Å². The molecule has 92 valence electrons. The zero-order valence-electron chi connectivity index (χ0n) is 9.21. The third-order valence-corrected chi connectivity index (χ3v) is 3.56. The number of hydrogen-bond acceptors (Lipinski definition) is 2. The standard InChI is InChI=1S/C12H12F3NS/c1-7(16)4-10-6-8-5-9(12(13,14)15)2-3-11(8)17-10/h2-3,5-7H,4,16H2,1H3. The van der Waals surface area contributed by atoms with Gasteiger partial charge >= 0.3 is 6.18 Å². The van der Waals surface area contributed by atoms with E-state index in [1.807, 2.05) is 6.92 Å². The quantitative estimate of drug-likeness (QED) is 0.872. The van der Waals surface area contributed by atoms with E-state index < -0.39 is 11.7 Å². The lowest BCUT2D eigenvalue weighted by molar-refractivity contribution is -0.137. The summed E-state index contributed by atoms with van der Waals surface area (Å²) in [6, 6.07) is 5.64. The molecule has 0 amide bonds. The Morgan fingerprint density at radius 2 is 2.00 bits per heavy atom. The largest absolute Gasteiger partial charge is 0.416 e. The van der Waals surface area contributed by atoms with Crippen molar-refractivity contribution >= 4 is 21.4 Å². The molecule has 2 aromatic rings. The number of halogens is 3. The fourth-order valence-electron chi connectivity index (χ4n) is 1.69. The Morgan fingerprint density at radius 3 is 2.59 bits per heavy atom. The number of benzene rings is 1. The third kappa shape index (κ3) is 2.79. The van der Waals surface area contributed by atoms with Gasteiger partial charge < -0.3 is 5.73 Å². The number of nitrogens with two attached hydrogens (primary N) is 1. The van der Waals surface area contributed by atoms with Crippen molar-refractivity contribution in [1.29, 1.82) is 0 Å². The highest BCUT2D eigenvalue weighted by Gasteiger charge is 2.30. The van der Waals surface area contributed by atoms with E-state index in [1.54, 1.807) is 6.07 Å². The molecule has 1 unspecified atom stereocenters. The summed E-state index contributed by atoms with van der Waals surface area (Å²) in [5.41, 5.74) is 5.07. The molecule has 2 rings (SSSR count). The van der Waals surface area contributed by atoms with E-state index in [0.717, 1.165) is 15.6 Å². The maximum absolute atomic E-state index is 12.5. The summed E-state index contributed by atoms with van der Waals surface area (Å²) in [6.45, 7) is 1.88. The van der Waals surface area contributed by atoms with Gasteiger partial charge in [0.05, 0.1) is 5.56 Å². The molecular weight excluding hydrogens is 247 g/mol. The summed E-state index contributed by atoms with van der Waals surface area (Å²) in [4.78, 5) is 1.02. The fourth-order valence-corrected chi connectivity index (χ4v) is 2.88. The normalized spacial score (nSPS) is 14.2. The molecule has 0 aliphatic rings. The molecule has 5 heteroatoms. The highest BCUT2D eigenvalue weighted by molar-refractivity contribution is 7.19. The van der Waals surface area contributed by atoms with Crippen LogP contribution in [0.3, 0.4) is 0 Å². The predicted octanol–water partition coefficient (Wildman–Crippen LogP) is 3.81. The first-order chi connectivity index (χ1) is 7.86. The molecule has 0 aliphatic carbocycles. The number of alkyl halides is 3. The number of fused-ring (bicyclic) bond motifs is 1. The van der Waals surface area contributed by atoms with Gasteiger partial charge in [0.2, 0.25) is 0 Å². The second kappa shape index (κ2) is 4.31. The van der Waals surface area contributed by atoms with Crippen molar-refractivity contribution in [2.45, 2.75) is 25.6 Å². The molecule has 0 aliphatic heterocycles. The van der Waals surface area contributed by atoms with Gasteiger partial charge in [-0.05, 0) is 43.0 Å².